The van der Waals surface area contributed by atoms with Crippen LogP contribution in [0.25, 0.3) is 0 Å². The van der Waals surface area contributed by atoms with Crippen LogP contribution < -0.4 is 11.5 Å². The fourth-order valence-electron chi connectivity index (χ4n) is 2.16. The van der Waals surface area contributed by atoms with Crippen LogP contribution in [0.5, 0.6) is 0 Å². The summed E-state index contributed by atoms with van der Waals surface area (Å²) in [4.78, 5) is 0. The van der Waals surface area contributed by atoms with Gasteiger partial charge in [0.05, 0.1) is 6.61 Å². The first-order valence-electron chi connectivity index (χ1n) is 10.9. The molecule has 0 aliphatic rings. The number of benzene rings is 2. The molecule has 0 amide bonds. The lowest BCUT2D eigenvalue weighted by Crippen LogP contribution is -2.29. The summed E-state index contributed by atoms with van der Waals surface area (Å²) in [6, 6.07) is 19.5. The lowest BCUT2D eigenvalue weighted by atomic mass is 10.1. The van der Waals surface area contributed by atoms with Crippen molar-refractivity contribution in [2.45, 2.75) is 24.9 Å². The number of hydrogen-bond donors (Lipinski definition) is 3. The Bertz CT molecular complexity index is 707. The predicted octanol–water partition coefficient (Wildman–Crippen LogP) is 0.982. The molecule has 0 saturated carbocycles. The van der Waals surface area contributed by atoms with Crippen molar-refractivity contribution in [2.24, 2.45) is 11.5 Å². The molecule has 3 unspecified atom stereocenters. The minimum absolute atomic E-state index is 0.0505. The quantitative estimate of drug-likeness (QED) is 0.364. The van der Waals surface area contributed by atoms with Gasteiger partial charge >= 0.3 is 0 Å². The molecule has 0 fully saturated rings. The van der Waals surface area contributed by atoms with Crippen molar-refractivity contribution in [3.8, 4) is 0 Å². The first-order valence-corrected chi connectivity index (χ1v) is 12.5. The molecule has 5 atom stereocenters. The fraction of sp³-hybridized carbons (Fsp3) is 0.333. The van der Waals surface area contributed by atoms with Gasteiger partial charge in [-0.2, -0.15) is 9.12 Å². The van der Waals surface area contributed by atoms with Crippen molar-refractivity contribution in [2.75, 3.05) is 13.2 Å². The van der Waals surface area contributed by atoms with Gasteiger partial charge in [0.1, 0.15) is 17.0 Å². The molecule has 2 rings (SSSR count). The van der Waals surface area contributed by atoms with Crippen LogP contribution in [0.15, 0.2) is 60.7 Å². The van der Waals surface area contributed by atoms with Crippen molar-refractivity contribution in [3.05, 3.63) is 71.8 Å². The Morgan fingerprint density at radius 3 is 2.11 bits per heavy atom. The maximum atomic E-state index is 8.67. The number of nitrogens with two attached hydrogens (primary N) is 2. The molecule has 0 aliphatic heterocycles. The summed E-state index contributed by atoms with van der Waals surface area (Å²) >= 11 is 4.99. The van der Waals surface area contributed by atoms with Gasteiger partial charge in [-0.1, -0.05) is 68.5 Å². The second-order valence-electron chi connectivity index (χ2n) is 5.79. The number of rotatable bonds is 10. The third kappa shape index (κ3) is 16.7. The Morgan fingerprint density at radius 1 is 1.25 bits per heavy atom. The smallest absolute Gasteiger partial charge is 0.158 e. The molecular formula is C18H32B2ClN2O2P2Si. The lowest BCUT2D eigenvalue weighted by Gasteiger charge is -2.11. The number of aliphatic hydroxyl groups is 1. The molecule has 0 spiro atoms. The normalized spacial score (nSPS) is 16.5. The molecule has 153 valence electrons. The van der Waals surface area contributed by atoms with E-state index in [1.807, 2.05) is 60.7 Å². The molecule has 0 bridgehead atoms. The first-order chi connectivity index (χ1) is 15.1. The number of halogens is 1. The summed E-state index contributed by atoms with van der Waals surface area (Å²) in [5, 5.41) is 8.67. The highest BCUT2D eigenvalue weighted by atomic mass is 35.7. The van der Waals surface area contributed by atoms with Crippen LogP contribution in [0.2, 0.25) is 0 Å². The molecule has 5 N–H and O–H groups in total. The summed E-state index contributed by atoms with van der Waals surface area (Å²) in [6.07, 6.45) is 1.46. The lowest BCUT2D eigenvalue weighted by molar-refractivity contribution is 0.265. The van der Waals surface area contributed by atoms with E-state index in [9.17, 15) is 0 Å². The van der Waals surface area contributed by atoms with Crippen LogP contribution in [-0.2, 0) is 17.3 Å². The van der Waals surface area contributed by atoms with E-state index in [0.717, 1.165) is 12.0 Å². The van der Waals surface area contributed by atoms with Gasteiger partial charge in [0, 0.05) is 21.2 Å². The number of hydrogen-bond acceptors (Lipinski definition) is 4. The zero-order valence-corrected chi connectivity index (χ0v) is 19.8. The minimum atomic E-state index is -3.10. The van der Waals surface area contributed by atoms with Crippen molar-refractivity contribution >= 4 is 51.8 Å². The van der Waals surface area contributed by atoms with E-state index in [0.29, 0.717) is 6.42 Å². The number of aliphatic hydroxyl groups excluding tert-OH is 1. The molecule has 10 heteroatoms. The SMILES string of the molecule is N[C@H](CO)Cc1ccccc1.[2H]B([3H])PCl.[2H][Si]([3H])([B]P)OC[C@@H](N)Cc1ccccc1. The predicted molar refractivity (Wildman–Crippen MR) is 136 cm³/mol. The van der Waals surface area contributed by atoms with Crippen LogP contribution in [0.3, 0.4) is 0 Å². The van der Waals surface area contributed by atoms with Crippen molar-refractivity contribution in [1.29, 1.82) is 5.14 Å². The van der Waals surface area contributed by atoms with Crippen molar-refractivity contribution in [3.63, 3.8) is 0 Å². The zero-order valence-electron chi connectivity index (χ0n) is 19.9. The van der Waals surface area contributed by atoms with E-state index in [4.69, 9.17) is 37.4 Å². The van der Waals surface area contributed by atoms with Gasteiger partial charge in [-0.25, -0.2) is 0 Å². The Kier molecular flexibility index (Phi) is 15.1. The Hall–Kier alpha value is -0.223. The van der Waals surface area contributed by atoms with Crippen LogP contribution in [-0.4, -0.2) is 59.1 Å². The average molecular weight is 462 g/mol. The Balaban J connectivity index is 0.000000518. The largest absolute Gasteiger partial charge is 0.431 e. The first kappa shape index (κ1) is 21.0. The fourth-order valence-corrected chi connectivity index (χ4v) is 2.86. The van der Waals surface area contributed by atoms with Crippen LogP contribution in [0.1, 0.15) is 11.1 Å². The van der Waals surface area contributed by atoms with Gasteiger partial charge in [-0.15, -0.1) is 11.2 Å². The standard InChI is InChI=1S/C9H16BNOPSi.C9H13NO.BClH3P/c11-9(7-12-14-10-13)6-8-4-2-1-3-5-8;10-9(7-11)6-8-4-2-1-3-5-8;1-3-2/h1-5,9H,6-7,11,13-14H2;1-5,9,11H,6-7,10H2;3H,1H2/t2*9-;/m00./s1/i14TD;;1TD/t9-,14?;m;. The summed E-state index contributed by atoms with van der Waals surface area (Å²) in [7, 11) is -1.74. The maximum absolute atomic E-state index is 8.67. The summed E-state index contributed by atoms with van der Waals surface area (Å²) in [5.74, 6) is 0. The highest BCUT2D eigenvalue weighted by Crippen LogP contribution is 2.03. The van der Waals surface area contributed by atoms with Crippen LogP contribution in [0.4, 0.5) is 0 Å². The second kappa shape index (κ2) is 20.1. The molecule has 4 nitrogen and oxygen atoms in total. The molecule has 1 radical (unpaired) electrons. The minimum Gasteiger partial charge on any atom is -0.431 e. The Labute approximate surface area is 187 Å². The highest BCUT2D eigenvalue weighted by Gasteiger charge is 2.03. The highest BCUT2D eigenvalue weighted by molar-refractivity contribution is 7.88. The van der Waals surface area contributed by atoms with Gasteiger partial charge in [0.15, 0.2) is 6.59 Å². The van der Waals surface area contributed by atoms with E-state index < -0.39 is 17.0 Å². The van der Waals surface area contributed by atoms with Crippen LogP contribution >= 0.6 is 28.2 Å². The van der Waals surface area contributed by atoms with E-state index in [-0.39, 0.29) is 33.1 Å². The molecule has 2 aromatic rings. The van der Waals surface area contributed by atoms with E-state index in [1.165, 1.54) is 12.2 Å². The molecular weight excluding hydrogens is 423 g/mol. The van der Waals surface area contributed by atoms with Crippen molar-refractivity contribution in [1.82, 2.24) is 0 Å². The zero-order chi connectivity index (χ0) is 24.4. The molecule has 0 aliphatic carbocycles. The topological polar surface area (TPSA) is 81.5 Å². The monoisotopic (exact) mass is 461 g/mol. The Morgan fingerprint density at radius 2 is 1.71 bits per heavy atom. The van der Waals surface area contributed by atoms with Gasteiger partial charge < -0.3 is 21.0 Å². The van der Waals surface area contributed by atoms with Crippen molar-refractivity contribution < 1.29 is 9.53 Å². The summed E-state index contributed by atoms with van der Waals surface area (Å²) in [5.41, 5.74) is 13.8. The van der Waals surface area contributed by atoms with Gasteiger partial charge in [-0.3, -0.25) is 0 Å². The molecule has 0 saturated heterocycles. The van der Waals surface area contributed by atoms with E-state index >= 15 is 0 Å². The summed E-state index contributed by atoms with van der Waals surface area (Å²) < 4.78 is 32.9. The molecule has 0 aromatic heterocycles. The van der Waals surface area contributed by atoms with Gasteiger partial charge in [-0.05, 0) is 26.6 Å². The van der Waals surface area contributed by atoms with Gasteiger partial charge in [0.25, 0.3) is 0 Å². The molecule has 2 aromatic carbocycles. The maximum Gasteiger partial charge on any atom is 0.158 e. The second-order valence-corrected chi connectivity index (χ2v) is 8.52. The van der Waals surface area contributed by atoms with Gasteiger partial charge in [0.2, 0.25) is 0 Å². The third-order valence-electron chi connectivity index (χ3n) is 3.36. The molecule has 28 heavy (non-hydrogen) atoms. The van der Waals surface area contributed by atoms with E-state index in [2.05, 4.69) is 9.12 Å². The molecule has 0 heterocycles. The third-order valence-corrected chi connectivity index (χ3v) is 4.24. The average Bonchev–Trinajstić information content (AvgIpc) is 2.80. The summed E-state index contributed by atoms with van der Waals surface area (Å²) in [6.45, 7) is 1.75. The van der Waals surface area contributed by atoms with Crippen LogP contribution in [0, 0.1) is 0 Å². The van der Waals surface area contributed by atoms with E-state index in [1.54, 1.807) is 0 Å².